The van der Waals surface area contributed by atoms with Gasteiger partial charge in [0.05, 0.1) is 5.56 Å². The van der Waals surface area contributed by atoms with E-state index >= 15 is 0 Å². The molecule has 0 aromatic heterocycles. The number of halogens is 3. The molecule has 0 aliphatic rings. The standard InChI is InChI=1S/C8H5F3NS/c9-8(10,11)6-2-1-3-7(4-6)12-5-13/h1-4H,(H,12,13). The van der Waals surface area contributed by atoms with Crippen molar-refractivity contribution in [3.63, 3.8) is 0 Å². The highest BCUT2D eigenvalue weighted by atomic mass is 32.1. The number of anilines is 1. The summed E-state index contributed by atoms with van der Waals surface area (Å²) in [5.41, 5.74) is 1.71. The average Bonchev–Trinajstić information content (AvgIpc) is 2.04. The van der Waals surface area contributed by atoms with Crippen molar-refractivity contribution in [2.75, 3.05) is 5.32 Å². The number of nitrogens with one attached hydrogen (secondary N) is 1. The molecule has 1 radical (unpaired) electrons. The molecule has 0 atom stereocenters. The van der Waals surface area contributed by atoms with Crippen molar-refractivity contribution in [3.05, 3.63) is 29.8 Å². The normalized spacial score (nSPS) is 11.0. The Morgan fingerprint density at radius 2 is 2.00 bits per heavy atom. The molecule has 0 saturated carbocycles. The molecule has 1 aromatic carbocycles. The SMILES string of the molecule is FC(F)(F)c1cccc(N[C]=S)c1. The molecule has 1 N–H and O–H groups in total. The lowest BCUT2D eigenvalue weighted by molar-refractivity contribution is -0.137. The van der Waals surface area contributed by atoms with Crippen LogP contribution in [-0.2, 0) is 6.18 Å². The van der Waals surface area contributed by atoms with Gasteiger partial charge in [0.1, 0.15) is 5.49 Å². The van der Waals surface area contributed by atoms with E-state index in [1.54, 1.807) is 0 Å². The fourth-order valence-corrected chi connectivity index (χ4v) is 0.950. The van der Waals surface area contributed by atoms with Gasteiger partial charge in [-0.15, -0.1) is 0 Å². The lowest BCUT2D eigenvalue weighted by Gasteiger charge is -2.07. The second-order valence-corrected chi connectivity index (χ2v) is 2.51. The van der Waals surface area contributed by atoms with Crippen molar-refractivity contribution in [2.45, 2.75) is 6.18 Å². The third kappa shape index (κ3) is 2.69. The molecule has 13 heavy (non-hydrogen) atoms. The first-order chi connectivity index (χ1) is 6.04. The summed E-state index contributed by atoms with van der Waals surface area (Å²) < 4.78 is 36.4. The fourth-order valence-electron chi connectivity index (χ4n) is 0.832. The number of benzene rings is 1. The average molecular weight is 204 g/mol. The summed E-state index contributed by atoms with van der Waals surface area (Å²) in [5, 5.41) is 2.38. The van der Waals surface area contributed by atoms with Gasteiger partial charge in [0.15, 0.2) is 0 Å². The van der Waals surface area contributed by atoms with Crippen molar-refractivity contribution in [1.82, 2.24) is 0 Å². The van der Waals surface area contributed by atoms with Crippen molar-refractivity contribution in [3.8, 4) is 0 Å². The molecule has 1 nitrogen and oxygen atoms in total. The van der Waals surface area contributed by atoms with Gasteiger partial charge in [-0.25, -0.2) is 0 Å². The molecular formula is C8H5F3NS. The van der Waals surface area contributed by atoms with Gasteiger partial charge >= 0.3 is 6.18 Å². The Morgan fingerprint density at radius 3 is 2.54 bits per heavy atom. The smallest absolute Gasteiger partial charge is 0.344 e. The highest BCUT2D eigenvalue weighted by Crippen LogP contribution is 2.30. The second kappa shape index (κ2) is 3.74. The third-order valence-corrected chi connectivity index (χ3v) is 1.49. The summed E-state index contributed by atoms with van der Waals surface area (Å²) in [6, 6.07) is 4.75. The van der Waals surface area contributed by atoms with Crippen LogP contribution in [0.2, 0.25) is 0 Å². The number of hydrogen-bond acceptors (Lipinski definition) is 1. The van der Waals surface area contributed by atoms with E-state index in [4.69, 9.17) is 0 Å². The Bertz CT molecular complexity index is 309. The Kier molecular flexibility index (Phi) is 2.87. The van der Waals surface area contributed by atoms with E-state index in [2.05, 4.69) is 23.0 Å². The van der Waals surface area contributed by atoms with Crippen LogP contribution in [-0.4, -0.2) is 5.49 Å². The highest BCUT2D eigenvalue weighted by Gasteiger charge is 2.30. The lowest BCUT2D eigenvalue weighted by Crippen LogP contribution is -2.05. The molecule has 69 valence electrons. The van der Waals surface area contributed by atoms with Crippen LogP contribution in [0.25, 0.3) is 0 Å². The first-order valence-corrected chi connectivity index (χ1v) is 3.75. The van der Waals surface area contributed by atoms with Gasteiger partial charge in [0, 0.05) is 5.69 Å². The summed E-state index contributed by atoms with van der Waals surface area (Å²) in [4.78, 5) is 0. The molecule has 0 unspecified atom stereocenters. The first kappa shape index (κ1) is 9.98. The summed E-state index contributed by atoms with van der Waals surface area (Å²) >= 11 is 4.33. The van der Waals surface area contributed by atoms with Crippen molar-refractivity contribution < 1.29 is 13.2 Å². The van der Waals surface area contributed by atoms with Crippen LogP contribution in [0.3, 0.4) is 0 Å². The van der Waals surface area contributed by atoms with Crippen LogP contribution < -0.4 is 5.32 Å². The van der Waals surface area contributed by atoms with Gasteiger partial charge in [0.25, 0.3) is 0 Å². The number of alkyl halides is 3. The largest absolute Gasteiger partial charge is 0.416 e. The Labute approximate surface area is 78.6 Å². The molecule has 0 saturated heterocycles. The molecule has 5 heteroatoms. The minimum atomic E-state index is -4.32. The second-order valence-electron chi connectivity index (χ2n) is 2.31. The van der Waals surface area contributed by atoms with Crippen molar-refractivity contribution in [2.24, 2.45) is 0 Å². The number of thiocarbonyl (C=S) groups is 1. The Morgan fingerprint density at radius 1 is 1.31 bits per heavy atom. The zero-order valence-corrected chi connectivity index (χ0v) is 7.17. The molecule has 0 heterocycles. The van der Waals surface area contributed by atoms with E-state index in [1.807, 2.05) is 0 Å². The van der Waals surface area contributed by atoms with Crippen LogP contribution >= 0.6 is 12.2 Å². The minimum Gasteiger partial charge on any atom is -0.344 e. The van der Waals surface area contributed by atoms with E-state index < -0.39 is 11.7 Å². The zero-order valence-electron chi connectivity index (χ0n) is 6.35. The van der Waals surface area contributed by atoms with E-state index in [9.17, 15) is 13.2 Å². The molecular weight excluding hydrogens is 199 g/mol. The first-order valence-electron chi connectivity index (χ1n) is 3.34. The monoisotopic (exact) mass is 204 g/mol. The van der Waals surface area contributed by atoms with E-state index in [-0.39, 0.29) is 5.69 Å². The maximum Gasteiger partial charge on any atom is 0.416 e. The van der Waals surface area contributed by atoms with Gasteiger partial charge < -0.3 is 5.32 Å². The molecule has 0 aliphatic heterocycles. The predicted molar refractivity (Wildman–Crippen MR) is 47.7 cm³/mol. The molecule has 0 fully saturated rings. The molecule has 0 spiro atoms. The fraction of sp³-hybridized carbons (Fsp3) is 0.125. The topological polar surface area (TPSA) is 12.0 Å². The highest BCUT2D eigenvalue weighted by molar-refractivity contribution is 7.79. The van der Waals surface area contributed by atoms with Gasteiger partial charge in [-0.3, -0.25) is 0 Å². The number of hydrogen-bond donors (Lipinski definition) is 1. The lowest BCUT2D eigenvalue weighted by atomic mass is 10.2. The maximum atomic E-state index is 12.1. The van der Waals surface area contributed by atoms with Crippen molar-refractivity contribution in [1.29, 1.82) is 0 Å². The minimum absolute atomic E-state index is 0.282. The quantitative estimate of drug-likeness (QED) is 0.587. The summed E-state index contributed by atoms with van der Waals surface area (Å²) in [6.07, 6.45) is -4.32. The van der Waals surface area contributed by atoms with E-state index in [0.717, 1.165) is 12.1 Å². The predicted octanol–water partition coefficient (Wildman–Crippen LogP) is 2.95. The molecule has 0 amide bonds. The third-order valence-electron chi connectivity index (χ3n) is 1.39. The number of rotatable bonds is 2. The summed E-state index contributed by atoms with van der Waals surface area (Å²) in [6.45, 7) is 0. The van der Waals surface area contributed by atoms with E-state index in [1.165, 1.54) is 12.1 Å². The summed E-state index contributed by atoms with van der Waals surface area (Å²) in [5.74, 6) is 0. The van der Waals surface area contributed by atoms with Gasteiger partial charge in [-0.2, -0.15) is 13.2 Å². The van der Waals surface area contributed by atoms with Gasteiger partial charge in [0.2, 0.25) is 0 Å². The van der Waals surface area contributed by atoms with Crippen LogP contribution in [0.4, 0.5) is 18.9 Å². The maximum absolute atomic E-state index is 12.1. The van der Waals surface area contributed by atoms with E-state index in [0.29, 0.717) is 0 Å². The van der Waals surface area contributed by atoms with Crippen LogP contribution in [0.15, 0.2) is 24.3 Å². The zero-order chi connectivity index (χ0) is 9.90. The van der Waals surface area contributed by atoms with Crippen LogP contribution in [0.1, 0.15) is 5.56 Å². The van der Waals surface area contributed by atoms with Crippen molar-refractivity contribution >= 4 is 23.4 Å². The molecule has 1 aromatic rings. The molecule has 0 bridgehead atoms. The molecule has 0 aliphatic carbocycles. The Balaban J connectivity index is 2.98. The van der Waals surface area contributed by atoms with Gasteiger partial charge in [-0.1, -0.05) is 18.3 Å². The van der Waals surface area contributed by atoms with Crippen LogP contribution in [0.5, 0.6) is 0 Å². The van der Waals surface area contributed by atoms with Crippen LogP contribution in [0, 0.1) is 0 Å². The Hall–Kier alpha value is -1.10. The molecule has 1 rings (SSSR count). The summed E-state index contributed by atoms with van der Waals surface area (Å²) in [7, 11) is 0. The van der Waals surface area contributed by atoms with Gasteiger partial charge in [-0.05, 0) is 18.2 Å².